The maximum atomic E-state index is 12.9. The van der Waals surface area contributed by atoms with Crippen molar-refractivity contribution in [3.05, 3.63) is 24.3 Å². The molecule has 2 N–H and O–H groups in total. The fourth-order valence-electron chi connectivity index (χ4n) is 3.59. The van der Waals surface area contributed by atoms with Gasteiger partial charge in [-0.1, -0.05) is 0 Å². The van der Waals surface area contributed by atoms with E-state index in [4.69, 9.17) is 9.88 Å². The number of nitrogens with zero attached hydrogens (tertiary/aromatic N) is 1. The van der Waals surface area contributed by atoms with Crippen LogP contribution in [0.5, 0.6) is 0 Å². The zero-order valence-electron chi connectivity index (χ0n) is 12.8. The summed E-state index contributed by atoms with van der Waals surface area (Å²) in [7, 11) is -5.83. The normalized spacial score (nSPS) is 28.9. The van der Waals surface area contributed by atoms with Gasteiger partial charge in [0, 0.05) is 19.2 Å². The second-order valence-electron chi connectivity index (χ2n) is 6.07. The quantitative estimate of drug-likeness (QED) is 0.849. The third-order valence-electron chi connectivity index (χ3n) is 4.68. The number of sulfonamides is 2. The Morgan fingerprint density at radius 1 is 1.00 bits per heavy atom. The van der Waals surface area contributed by atoms with E-state index >= 15 is 0 Å². The molecule has 2 unspecified atom stereocenters. The monoisotopic (exact) mass is 360 g/mol. The van der Waals surface area contributed by atoms with Crippen LogP contribution in [0.4, 0.5) is 0 Å². The van der Waals surface area contributed by atoms with E-state index in [0.29, 0.717) is 12.8 Å². The third kappa shape index (κ3) is 3.03. The molecule has 0 radical (unpaired) electrons. The summed E-state index contributed by atoms with van der Waals surface area (Å²) in [5.74, 6) is 0. The number of primary sulfonamides is 1. The molecule has 1 aromatic carbocycles. The van der Waals surface area contributed by atoms with Gasteiger partial charge in [-0.3, -0.25) is 0 Å². The lowest BCUT2D eigenvalue weighted by molar-refractivity contribution is 0.0349. The summed E-state index contributed by atoms with van der Waals surface area (Å²) in [5, 5.41) is 5.04. The van der Waals surface area contributed by atoms with Crippen molar-refractivity contribution in [2.24, 2.45) is 5.14 Å². The van der Waals surface area contributed by atoms with E-state index in [0.717, 1.165) is 12.8 Å². The fraction of sp³-hybridized carbons (Fsp3) is 0.571. The van der Waals surface area contributed by atoms with Gasteiger partial charge < -0.3 is 4.74 Å². The number of rotatable bonds is 4. The lowest BCUT2D eigenvalue weighted by Gasteiger charge is -2.37. The summed E-state index contributed by atoms with van der Waals surface area (Å²) in [6, 6.07) is 4.95. The maximum absolute atomic E-state index is 12.9. The van der Waals surface area contributed by atoms with Gasteiger partial charge in [-0.15, -0.1) is 0 Å². The number of piperidine rings is 1. The maximum Gasteiger partial charge on any atom is 0.243 e. The average molecular weight is 360 g/mol. The first-order chi connectivity index (χ1) is 10.7. The minimum Gasteiger partial charge on any atom is -0.381 e. The van der Waals surface area contributed by atoms with E-state index in [1.807, 2.05) is 0 Å². The van der Waals surface area contributed by atoms with Crippen LogP contribution in [0.3, 0.4) is 0 Å². The topological polar surface area (TPSA) is 107 Å². The molecule has 2 aliphatic heterocycles. The SMILES string of the molecule is COC1CC2CCC(C1)N2S(=O)(=O)c1ccc(S(N)(=O)=O)cc1. The van der Waals surface area contributed by atoms with E-state index in [2.05, 4.69) is 0 Å². The van der Waals surface area contributed by atoms with Crippen LogP contribution in [0.25, 0.3) is 0 Å². The standard InChI is InChI=1S/C14H20N2O5S2/c1-21-12-8-10-2-3-11(9-12)16(10)23(19,20)14-6-4-13(5-7-14)22(15,17)18/h4-7,10-12H,2-3,8-9H2,1H3,(H2,15,17,18). The Labute approximate surface area is 136 Å². The first-order valence-electron chi connectivity index (χ1n) is 7.42. The highest BCUT2D eigenvalue weighted by atomic mass is 32.2. The Morgan fingerprint density at radius 3 is 1.91 bits per heavy atom. The van der Waals surface area contributed by atoms with Crippen LogP contribution in [-0.2, 0) is 24.8 Å². The van der Waals surface area contributed by atoms with Crippen molar-refractivity contribution in [1.82, 2.24) is 4.31 Å². The van der Waals surface area contributed by atoms with Crippen LogP contribution in [0.2, 0.25) is 0 Å². The number of benzene rings is 1. The molecule has 2 saturated heterocycles. The molecule has 0 amide bonds. The van der Waals surface area contributed by atoms with E-state index in [1.54, 1.807) is 11.4 Å². The molecule has 9 heteroatoms. The predicted octanol–water partition coefficient (Wildman–Crippen LogP) is 0.665. The van der Waals surface area contributed by atoms with E-state index in [1.165, 1.54) is 24.3 Å². The predicted molar refractivity (Wildman–Crippen MR) is 83.7 cm³/mol. The highest BCUT2D eigenvalue weighted by Gasteiger charge is 2.47. The smallest absolute Gasteiger partial charge is 0.243 e. The molecule has 1 aromatic rings. The van der Waals surface area contributed by atoms with Crippen molar-refractivity contribution < 1.29 is 21.6 Å². The fourth-order valence-corrected chi connectivity index (χ4v) is 6.00. The Kier molecular flexibility index (Phi) is 4.26. The summed E-state index contributed by atoms with van der Waals surface area (Å²) in [4.78, 5) is -0.00446. The van der Waals surface area contributed by atoms with Crippen molar-refractivity contribution in [3.63, 3.8) is 0 Å². The van der Waals surface area contributed by atoms with Gasteiger partial charge in [0.05, 0.1) is 15.9 Å². The van der Waals surface area contributed by atoms with E-state index < -0.39 is 20.0 Å². The van der Waals surface area contributed by atoms with Crippen LogP contribution < -0.4 is 5.14 Å². The lowest BCUT2D eigenvalue weighted by atomic mass is 10.0. The summed E-state index contributed by atoms with van der Waals surface area (Å²) in [5.41, 5.74) is 0. The molecule has 0 aromatic heterocycles. The summed E-state index contributed by atoms with van der Waals surface area (Å²) < 4.78 is 55.4. The van der Waals surface area contributed by atoms with E-state index in [9.17, 15) is 16.8 Å². The zero-order chi connectivity index (χ0) is 16.8. The number of methoxy groups -OCH3 is 1. The van der Waals surface area contributed by atoms with Crippen LogP contribution in [-0.4, -0.2) is 46.4 Å². The van der Waals surface area contributed by atoms with E-state index in [-0.39, 0.29) is 28.0 Å². The van der Waals surface area contributed by atoms with Gasteiger partial charge in [-0.25, -0.2) is 22.0 Å². The molecular formula is C14H20N2O5S2. The van der Waals surface area contributed by atoms with Crippen LogP contribution in [0, 0.1) is 0 Å². The zero-order valence-corrected chi connectivity index (χ0v) is 14.4. The molecule has 128 valence electrons. The Balaban J connectivity index is 1.91. The molecule has 2 aliphatic rings. The molecule has 0 spiro atoms. The van der Waals surface area contributed by atoms with Crippen LogP contribution in [0.15, 0.2) is 34.1 Å². The van der Waals surface area contributed by atoms with Crippen molar-refractivity contribution >= 4 is 20.0 Å². The molecule has 23 heavy (non-hydrogen) atoms. The minimum atomic E-state index is -3.83. The van der Waals surface area contributed by atoms with Gasteiger partial charge in [-0.2, -0.15) is 4.31 Å². The lowest BCUT2D eigenvalue weighted by Crippen LogP contribution is -2.48. The average Bonchev–Trinajstić information content (AvgIpc) is 2.78. The number of hydrogen-bond acceptors (Lipinski definition) is 5. The minimum absolute atomic E-state index is 0.0541. The van der Waals surface area contributed by atoms with Gasteiger partial charge in [0.25, 0.3) is 0 Å². The molecule has 2 bridgehead atoms. The molecule has 7 nitrogen and oxygen atoms in total. The first-order valence-corrected chi connectivity index (χ1v) is 10.4. The molecule has 2 atom stereocenters. The first kappa shape index (κ1) is 16.8. The molecule has 0 aliphatic carbocycles. The second-order valence-corrected chi connectivity index (χ2v) is 9.47. The van der Waals surface area contributed by atoms with Gasteiger partial charge >= 0.3 is 0 Å². The summed E-state index contributed by atoms with van der Waals surface area (Å²) in [6.07, 6.45) is 3.16. The Morgan fingerprint density at radius 2 is 1.48 bits per heavy atom. The summed E-state index contributed by atoms with van der Waals surface area (Å²) >= 11 is 0. The third-order valence-corrected chi connectivity index (χ3v) is 7.63. The molecule has 2 heterocycles. The van der Waals surface area contributed by atoms with Gasteiger partial charge in [-0.05, 0) is 49.9 Å². The van der Waals surface area contributed by atoms with Crippen LogP contribution in [0.1, 0.15) is 25.7 Å². The summed E-state index contributed by atoms with van der Waals surface area (Å²) in [6.45, 7) is 0. The molecule has 2 fully saturated rings. The molecule has 3 rings (SSSR count). The van der Waals surface area contributed by atoms with Crippen molar-refractivity contribution in [2.45, 2.75) is 53.7 Å². The second kappa shape index (κ2) is 5.82. The van der Waals surface area contributed by atoms with Crippen LogP contribution >= 0.6 is 0 Å². The highest BCUT2D eigenvalue weighted by molar-refractivity contribution is 7.89. The van der Waals surface area contributed by atoms with Crippen molar-refractivity contribution in [3.8, 4) is 0 Å². The molecule has 0 saturated carbocycles. The Bertz CT molecular complexity index is 775. The van der Waals surface area contributed by atoms with Crippen molar-refractivity contribution in [2.75, 3.05) is 7.11 Å². The van der Waals surface area contributed by atoms with Gasteiger partial charge in [0.15, 0.2) is 0 Å². The Hall–Kier alpha value is -1.00. The van der Waals surface area contributed by atoms with Gasteiger partial charge in [0.2, 0.25) is 20.0 Å². The molecular weight excluding hydrogens is 340 g/mol. The largest absolute Gasteiger partial charge is 0.381 e. The van der Waals surface area contributed by atoms with Gasteiger partial charge in [0.1, 0.15) is 0 Å². The van der Waals surface area contributed by atoms with Crippen molar-refractivity contribution in [1.29, 1.82) is 0 Å². The number of nitrogens with two attached hydrogens (primary N) is 1. The number of ether oxygens (including phenoxy) is 1. The number of hydrogen-bond donors (Lipinski definition) is 1. The highest BCUT2D eigenvalue weighted by Crippen LogP contribution is 2.40. The number of fused-ring (bicyclic) bond motifs is 2.